The Kier molecular flexibility index (Phi) is 2.86. The van der Waals surface area contributed by atoms with Gasteiger partial charge in [0, 0.05) is 5.56 Å². The van der Waals surface area contributed by atoms with Crippen LogP contribution in [0.2, 0.25) is 0 Å². The Balaban J connectivity index is 1.60. The van der Waals surface area contributed by atoms with E-state index in [1.807, 2.05) is 0 Å². The maximum Gasteiger partial charge on any atom is 0.238 e. The van der Waals surface area contributed by atoms with Crippen molar-refractivity contribution in [1.82, 2.24) is 0 Å². The molecule has 0 unspecified atom stereocenters. The van der Waals surface area contributed by atoms with Crippen LogP contribution in [0.1, 0.15) is 23.7 Å². The van der Waals surface area contributed by atoms with Gasteiger partial charge < -0.3 is 4.74 Å². The number of amides is 2. The summed E-state index contributed by atoms with van der Waals surface area (Å²) in [7, 11) is 1.50. The Morgan fingerprint density at radius 2 is 1.68 bits per heavy atom. The number of anilines is 1. The molecule has 3 fully saturated rings. The molecule has 5 heteroatoms. The summed E-state index contributed by atoms with van der Waals surface area (Å²) in [5.41, 5.74) is 0.864. The summed E-state index contributed by atoms with van der Waals surface area (Å²) in [4.78, 5) is 39.4. The van der Waals surface area contributed by atoms with Crippen LogP contribution >= 0.6 is 0 Å². The van der Waals surface area contributed by atoms with E-state index in [0.29, 0.717) is 28.8 Å². The second kappa shape index (κ2) is 4.81. The van der Waals surface area contributed by atoms with Gasteiger partial charge in [-0.05, 0) is 55.2 Å². The van der Waals surface area contributed by atoms with E-state index < -0.39 is 0 Å². The normalized spacial score (nSPS) is 37.1. The Morgan fingerprint density at radius 1 is 1.08 bits per heavy atom. The van der Waals surface area contributed by atoms with Gasteiger partial charge in [-0.3, -0.25) is 14.4 Å². The number of methoxy groups -OCH3 is 1. The minimum Gasteiger partial charge on any atom is -0.495 e. The highest BCUT2D eigenvalue weighted by Crippen LogP contribution is 2.65. The van der Waals surface area contributed by atoms with Crippen LogP contribution in [0.25, 0.3) is 0 Å². The molecule has 2 amide bonds. The van der Waals surface area contributed by atoms with Crippen molar-refractivity contribution in [3.05, 3.63) is 35.9 Å². The minimum atomic E-state index is -0.253. The van der Waals surface area contributed by atoms with Gasteiger partial charge in [-0.15, -0.1) is 0 Å². The lowest BCUT2D eigenvalue weighted by Gasteiger charge is -2.37. The first-order chi connectivity index (χ1) is 12.0. The number of carbonyl (C=O) groups excluding carboxylic acids is 3. The number of carbonyl (C=O) groups is 3. The Labute approximate surface area is 145 Å². The molecule has 1 saturated heterocycles. The number of benzene rings is 1. The molecular formula is C20H19NO4. The van der Waals surface area contributed by atoms with Crippen LogP contribution in [-0.2, 0) is 9.59 Å². The molecule has 0 N–H and O–H groups in total. The molecule has 0 radical (unpaired) electrons. The van der Waals surface area contributed by atoms with Gasteiger partial charge in [-0.2, -0.15) is 0 Å². The van der Waals surface area contributed by atoms with Crippen LogP contribution in [0, 0.1) is 35.5 Å². The third-order valence-electron chi connectivity index (χ3n) is 6.49. The van der Waals surface area contributed by atoms with Crippen molar-refractivity contribution >= 4 is 23.3 Å². The van der Waals surface area contributed by atoms with E-state index in [0.717, 1.165) is 6.42 Å². The van der Waals surface area contributed by atoms with E-state index in [1.165, 1.54) is 18.9 Å². The molecule has 6 atom stereocenters. The predicted molar refractivity (Wildman–Crippen MR) is 90.2 cm³/mol. The highest BCUT2D eigenvalue weighted by Gasteiger charge is 2.67. The Hall–Kier alpha value is -2.43. The maximum absolute atomic E-state index is 13.2. The zero-order valence-electron chi connectivity index (χ0n) is 14.1. The first-order valence-electron chi connectivity index (χ1n) is 8.78. The number of rotatable bonds is 3. The van der Waals surface area contributed by atoms with E-state index >= 15 is 0 Å². The minimum absolute atomic E-state index is 0.108. The molecule has 6 rings (SSSR count). The van der Waals surface area contributed by atoms with Gasteiger partial charge in [-0.1, -0.05) is 12.2 Å². The lowest BCUT2D eigenvalue weighted by molar-refractivity contribution is -0.124. The average molecular weight is 337 g/mol. The number of imide groups is 1. The quantitative estimate of drug-likeness (QED) is 0.483. The largest absolute Gasteiger partial charge is 0.495 e. The van der Waals surface area contributed by atoms with Crippen LogP contribution in [0.4, 0.5) is 5.69 Å². The van der Waals surface area contributed by atoms with Crippen molar-refractivity contribution in [3.63, 3.8) is 0 Å². The van der Waals surface area contributed by atoms with Gasteiger partial charge in [0.2, 0.25) is 11.8 Å². The van der Waals surface area contributed by atoms with Crippen LogP contribution in [0.5, 0.6) is 5.75 Å². The summed E-state index contributed by atoms with van der Waals surface area (Å²) in [5, 5.41) is 0. The summed E-state index contributed by atoms with van der Waals surface area (Å²) in [6.45, 7) is 1.47. The fourth-order valence-corrected chi connectivity index (χ4v) is 5.28. The van der Waals surface area contributed by atoms with Crippen molar-refractivity contribution in [1.29, 1.82) is 0 Å². The molecule has 0 aromatic heterocycles. The molecule has 1 aliphatic heterocycles. The van der Waals surface area contributed by atoms with E-state index in [2.05, 4.69) is 12.2 Å². The number of ether oxygens (including phenoxy) is 1. The van der Waals surface area contributed by atoms with Crippen LogP contribution in [0.15, 0.2) is 30.4 Å². The number of hydrogen-bond acceptors (Lipinski definition) is 4. The zero-order chi connectivity index (χ0) is 17.5. The number of nitrogens with zero attached hydrogens (tertiary/aromatic N) is 1. The third kappa shape index (κ3) is 1.81. The number of ketones is 1. The van der Waals surface area contributed by atoms with Gasteiger partial charge in [0.15, 0.2) is 5.78 Å². The molecule has 1 heterocycles. The van der Waals surface area contributed by atoms with E-state index in [1.54, 1.807) is 18.2 Å². The summed E-state index contributed by atoms with van der Waals surface area (Å²) < 4.78 is 5.37. The van der Waals surface area contributed by atoms with Crippen LogP contribution in [0.3, 0.4) is 0 Å². The van der Waals surface area contributed by atoms with Gasteiger partial charge in [-0.25, -0.2) is 4.90 Å². The summed E-state index contributed by atoms with van der Waals surface area (Å²) in [5.74, 6) is 1.05. The molecule has 4 aliphatic carbocycles. The monoisotopic (exact) mass is 337 g/mol. The van der Waals surface area contributed by atoms with E-state index in [-0.39, 0.29) is 41.3 Å². The number of Topliss-reactive ketones (excluding diaryl/α,β-unsaturated/α-hetero) is 1. The highest BCUT2D eigenvalue weighted by molar-refractivity contribution is 6.23. The molecule has 5 aliphatic rings. The van der Waals surface area contributed by atoms with Crippen molar-refractivity contribution < 1.29 is 19.1 Å². The van der Waals surface area contributed by atoms with Crippen molar-refractivity contribution in [3.8, 4) is 5.75 Å². The number of hydrogen-bond donors (Lipinski definition) is 0. The third-order valence-corrected chi connectivity index (χ3v) is 6.49. The second-order valence-electron chi connectivity index (χ2n) is 7.61. The zero-order valence-corrected chi connectivity index (χ0v) is 14.1. The van der Waals surface area contributed by atoms with Crippen LogP contribution in [-0.4, -0.2) is 24.7 Å². The SMILES string of the molecule is COc1ccc(C(C)=O)cc1N1C(=O)[C@@H]2[C@@H]3C=C[C@H]([C@H]4C[C@H]34)[C@@H]2C1=O. The fourth-order valence-electron chi connectivity index (χ4n) is 5.28. The molecule has 5 nitrogen and oxygen atoms in total. The molecular weight excluding hydrogens is 318 g/mol. The number of allylic oxidation sites excluding steroid dienone is 2. The van der Waals surface area contributed by atoms with Crippen molar-refractivity contribution in [2.75, 3.05) is 12.0 Å². The topological polar surface area (TPSA) is 63.7 Å². The van der Waals surface area contributed by atoms with E-state index in [4.69, 9.17) is 4.74 Å². The van der Waals surface area contributed by atoms with Gasteiger partial charge in [0.25, 0.3) is 0 Å². The lowest BCUT2D eigenvalue weighted by Crippen LogP contribution is -2.40. The summed E-state index contributed by atoms with van der Waals surface area (Å²) in [6.07, 6.45) is 5.44. The lowest BCUT2D eigenvalue weighted by atomic mass is 9.63. The molecule has 1 aromatic rings. The van der Waals surface area contributed by atoms with E-state index in [9.17, 15) is 14.4 Å². The fraction of sp³-hybridized carbons (Fsp3) is 0.450. The van der Waals surface area contributed by atoms with Crippen molar-refractivity contribution in [2.24, 2.45) is 35.5 Å². The van der Waals surface area contributed by atoms with Gasteiger partial charge >= 0.3 is 0 Å². The van der Waals surface area contributed by atoms with Crippen LogP contribution < -0.4 is 9.64 Å². The standard InChI is InChI=1S/C20H19NO4/c1-9(22)10-3-6-16(25-2)15(7-10)21-19(23)17-11-4-5-12(14-8-13(11)14)18(17)20(21)24/h3-7,11-14,17-18H,8H2,1-2H3/t11-,12-,13-,14-,17-,18+/m1/s1. The maximum atomic E-state index is 13.2. The van der Waals surface area contributed by atoms with Gasteiger partial charge in [0.05, 0.1) is 24.6 Å². The smallest absolute Gasteiger partial charge is 0.238 e. The summed E-state index contributed by atoms with van der Waals surface area (Å²) in [6, 6.07) is 4.91. The first kappa shape index (κ1) is 14.9. The van der Waals surface area contributed by atoms with Gasteiger partial charge in [0.1, 0.15) is 5.75 Å². The molecule has 1 aromatic carbocycles. The summed E-state index contributed by atoms with van der Waals surface area (Å²) >= 11 is 0. The second-order valence-corrected chi connectivity index (χ2v) is 7.61. The molecule has 2 bridgehead atoms. The average Bonchev–Trinajstić information content (AvgIpc) is 3.39. The highest BCUT2D eigenvalue weighted by atomic mass is 16.5. The molecule has 0 spiro atoms. The first-order valence-corrected chi connectivity index (χ1v) is 8.78. The Bertz CT molecular complexity index is 821. The molecule has 25 heavy (non-hydrogen) atoms. The van der Waals surface area contributed by atoms with Crippen molar-refractivity contribution in [2.45, 2.75) is 13.3 Å². The molecule has 2 saturated carbocycles. The Morgan fingerprint density at radius 3 is 2.20 bits per heavy atom. The predicted octanol–water partition coefficient (Wildman–Crippen LogP) is 2.46. The molecule has 128 valence electrons.